The van der Waals surface area contributed by atoms with Gasteiger partial charge in [-0.3, -0.25) is 9.59 Å². The lowest BCUT2D eigenvalue weighted by Crippen LogP contribution is -2.22. The van der Waals surface area contributed by atoms with Gasteiger partial charge in [0, 0.05) is 10.6 Å². The zero-order valence-corrected chi connectivity index (χ0v) is 23.3. The van der Waals surface area contributed by atoms with E-state index in [-0.39, 0.29) is 26.0 Å². The molecule has 3 aromatic carbocycles. The van der Waals surface area contributed by atoms with Crippen LogP contribution >= 0.6 is 81.4 Å². The van der Waals surface area contributed by atoms with Crippen LogP contribution in [0.2, 0.25) is 30.1 Å². The lowest BCUT2D eigenvalue weighted by atomic mass is 10.1. The predicted octanol–water partition coefficient (Wildman–Crippen LogP) is 8.68. The Morgan fingerprint density at radius 1 is 0.778 bits per heavy atom. The number of benzene rings is 3. The van der Waals surface area contributed by atoms with Crippen LogP contribution in [-0.2, 0) is 4.79 Å². The second-order valence-corrected chi connectivity index (χ2v) is 10.9. The minimum absolute atomic E-state index is 0.239. The van der Waals surface area contributed by atoms with Crippen LogP contribution in [0.5, 0.6) is 0 Å². The standard InChI is InChI=1S/C23H14Cl6N2O4S/c1-9(21(32)31-13-4-2-3-12(24)16(13)25)36-11-7-5-10(6-8-11)30-22(33)14-15(23(34)35)18(27)20(29)19(28)17(14)26/h2-9H,1H3,(H,30,33)(H,31,32)(H,34,35). The number of nitrogens with one attached hydrogen (secondary N) is 2. The maximum atomic E-state index is 12.9. The van der Waals surface area contributed by atoms with Crippen molar-refractivity contribution in [3.8, 4) is 0 Å². The summed E-state index contributed by atoms with van der Waals surface area (Å²) in [5.74, 6) is -2.62. The maximum Gasteiger partial charge on any atom is 0.338 e. The molecule has 1 atom stereocenters. The number of carbonyl (C=O) groups is 3. The Morgan fingerprint density at radius 2 is 1.36 bits per heavy atom. The fourth-order valence-corrected chi connectivity index (χ4v) is 5.18. The average molecular weight is 627 g/mol. The van der Waals surface area contributed by atoms with Gasteiger partial charge < -0.3 is 15.7 Å². The van der Waals surface area contributed by atoms with Crippen molar-refractivity contribution in [3.05, 3.63) is 83.7 Å². The van der Waals surface area contributed by atoms with Crippen molar-refractivity contribution >= 4 is 111 Å². The van der Waals surface area contributed by atoms with Crippen LogP contribution in [-0.4, -0.2) is 28.1 Å². The van der Waals surface area contributed by atoms with Crippen LogP contribution in [0.1, 0.15) is 27.6 Å². The molecule has 0 aliphatic rings. The van der Waals surface area contributed by atoms with E-state index in [1.807, 2.05) is 0 Å². The van der Waals surface area contributed by atoms with E-state index in [9.17, 15) is 19.5 Å². The zero-order valence-electron chi connectivity index (χ0n) is 18.0. The second-order valence-electron chi connectivity index (χ2n) is 7.14. The van der Waals surface area contributed by atoms with Crippen molar-refractivity contribution in [2.75, 3.05) is 10.6 Å². The molecule has 0 saturated heterocycles. The minimum Gasteiger partial charge on any atom is -0.478 e. The number of hydrogen-bond acceptors (Lipinski definition) is 4. The van der Waals surface area contributed by atoms with E-state index in [0.717, 1.165) is 4.90 Å². The molecule has 36 heavy (non-hydrogen) atoms. The van der Waals surface area contributed by atoms with Crippen molar-refractivity contribution in [2.24, 2.45) is 0 Å². The zero-order chi connectivity index (χ0) is 26.7. The van der Waals surface area contributed by atoms with Crippen LogP contribution < -0.4 is 10.6 Å². The van der Waals surface area contributed by atoms with Crippen LogP contribution in [0.15, 0.2) is 47.4 Å². The number of carboxylic acid groups (broad SMARTS) is 1. The third-order valence-electron chi connectivity index (χ3n) is 4.71. The van der Waals surface area contributed by atoms with Gasteiger partial charge in [0.1, 0.15) is 0 Å². The highest BCUT2D eigenvalue weighted by Gasteiger charge is 2.29. The molecule has 0 aromatic heterocycles. The van der Waals surface area contributed by atoms with Gasteiger partial charge in [0.25, 0.3) is 5.91 Å². The van der Waals surface area contributed by atoms with E-state index in [1.54, 1.807) is 49.4 Å². The highest BCUT2D eigenvalue weighted by Crippen LogP contribution is 2.42. The number of halogens is 6. The largest absolute Gasteiger partial charge is 0.478 e. The SMILES string of the molecule is CC(Sc1ccc(NC(=O)c2c(Cl)c(Cl)c(Cl)c(Cl)c2C(=O)O)cc1)C(=O)Nc1cccc(Cl)c1Cl. The molecule has 0 radical (unpaired) electrons. The molecular formula is C23H14Cl6N2O4S. The average Bonchev–Trinajstić information content (AvgIpc) is 2.83. The number of carbonyl (C=O) groups excluding carboxylic acids is 2. The molecule has 0 aliphatic heterocycles. The Morgan fingerprint density at radius 3 is 1.94 bits per heavy atom. The molecule has 2 amide bonds. The topological polar surface area (TPSA) is 95.5 Å². The molecular weight excluding hydrogens is 613 g/mol. The van der Waals surface area contributed by atoms with Gasteiger partial charge in [-0.05, 0) is 43.3 Å². The van der Waals surface area contributed by atoms with E-state index >= 15 is 0 Å². The normalized spacial score (nSPS) is 11.6. The molecule has 6 nitrogen and oxygen atoms in total. The van der Waals surface area contributed by atoms with Gasteiger partial charge in [-0.25, -0.2) is 4.79 Å². The molecule has 188 valence electrons. The fraction of sp³-hybridized carbons (Fsp3) is 0.0870. The van der Waals surface area contributed by atoms with Gasteiger partial charge in [-0.1, -0.05) is 75.7 Å². The minimum atomic E-state index is -1.50. The van der Waals surface area contributed by atoms with Crippen molar-refractivity contribution in [2.45, 2.75) is 17.1 Å². The van der Waals surface area contributed by atoms with E-state index in [0.29, 0.717) is 16.4 Å². The summed E-state index contributed by atoms with van der Waals surface area (Å²) >= 11 is 37.4. The summed E-state index contributed by atoms with van der Waals surface area (Å²) in [7, 11) is 0. The molecule has 3 aromatic rings. The maximum absolute atomic E-state index is 12.9. The Labute approximate surface area is 240 Å². The first-order valence-electron chi connectivity index (χ1n) is 9.84. The Balaban J connectivity index is 1.72. The van der Waals surface area contributed by atoms with Crippen LogP contribution in [0, 0.1) is 0 Å². The third-order valence-corrected chi connectivity index (χ3v) is 8.44. The number of amides is 2. The first kappa shape index (κ1) is 28.7. The second kappa shape index (κ2) is 12.1. The molecule has 0 spiro atoms. The van der Waals surface area contributed by atoms with Crippen LogP contribution in [0.3, 0.4) is 0 Å². The molecule has 0 aliphatic carbocycles. The number of anilines is 2. The van der Waals surface area contributed by atoms with Gasteiger partial charge in [-0.2, -0.15) is 0 Å². The summed E-state index contributed by atoms with van der Waals surface area (Å²) in [6.07, 6.45) is 0. The monoisotopic (exact) mass is 624 g/mol. The highest BCUT2D eigenvalue weighted by molar-refractivity contribution is 8.00. The van der Waals surface area contributed by atoms with Gasteiger partial charge in [-0.15, -0.1) is 11.8 Å². The summed E-state index contributed by atoms with van der Waals surface area (Å²) < 4.78 is 0. The molecule has 0 fully saturated rings. The number of hydrogen-bond donors (Lipinski definition) is 3. The third kappa shape index (κ3) is 6.34. The van der Waals surface area contributed by atoms with E-state index in [1.165, 1.54) is 11.8 Å². The van der Waals surface area contributed by atoms with E-state index in [4.69, 9.17) is 69.6 Å². The molecule has 0 saturated carbocycles. The summed E-state index contributed by atoms with van der Waals surface area (Å²) in [4.78, 5) is 37.8. The predicted molar refractivity (Wildman–Crippen MR) is 148 cm³/mol. The number of rotatable bonds is 7. The number of thioether (sulfide) groups is 1. The first-order chi connectivity index (χ1) is 16.9. The summed E-state index contributed by atoms with van der Waals surface area (Å²) in [5.41, 5.74) is -0.254. The highest BCUT2D eigenvalue weighted by atomic mass is 35.5. The molecule has 0 heterocycles. The van der Waals surface area contributed by atoms with Gasteiger partial charge in [0.2, 0.25) is 5.91 Å². The lowest BCUT2D eigenvalue weighted by molar-refractivity contribution is -0.115. The Bertz CT molecular complexity index is 1370. The molecule has 3 N–H and O–H groups in total. The molecule has 1 unspecified atom stereocenters. The fourth-order valence-electron chi connectivity index (χ4n) is 2.95. The van der Waals surface area contributed by atoms with Crippen molar-refractivity contribution < 1.29 is 19.5 Å². The van der Waals surface area contributed by atoms with Crippen molar-refractivity contribution in [1.82, 2.24) is 0 Å². The van der Waals surface area contributed by atoms with Crippen LogP contribution in [0.4, 0.5) is 11.4 Å². The summed E-state index contributed by atoms with van der Waals surface area (Å²) in [6, 6.07) is 11.4. The Kier molecular flexibility index (Phi) is 9.68. The smallest absolute Gasteiger partial charge is 0.338 e. The van der Waals surface area contributed by atoms with Gasteiger partial charge >= 0.3 is 5.97 Å². The van der Waals surface area contributed by atoms with Crippen LogP contribution in [0.25, 0.3) is 0 Å². The first-order valence-corrected chi connectivity index (χ1v) is 13.0. The number of carboxylic acids is 1. The van der Waals surface area contributed by atoms with E-state index in [2.05, 4.69) is 10.6 Å². The number of aromatic carboxylic acids is 1. The van der Waals surface area contributed by atoms with Gasteiger partial charge in [0.15, 0.2) is 0 Å². The van der Waals surface area contributed by atoms with Gasteiger partial charge in [0.05, 0.1) is 52.2 Å². The van der Waals surface area contributed by atoms with E-state index < -0.39 is 33.3 Å². The quantitative estimate of drug-likeness (QED) is 0.139. The lowest BCUT2D eigenvalue weighted by Gasteiger charge is -2.15. The van der Waals surface area contributed by atoms with Crippen molar-refractivity contribution in [3.63, 3.8) is 0 Å². The molecule has 3 rings (SSSR count). The molecule has 13 heteroatoms. The van der Waals surface area contributed by atoms with Crippen molar-refractivity contribution in [1.29, 1.82) is 0 Å². The molecule has 0 bridgehead atoms. The summed E-state index contributed by atoms with van der Waals surface area (Å²) in [5, 5.41) is 13.6. The summed E-state index contributed by atoms with van der Waals surface area (Å²) in [6.45, 7) is 1.72. The Hall–Kier alpha value is -1.84.